The van der Waals surface area contributed by atoms with E-state index in [0.29, 0.717) is 35.1 Å². The van der Waals surface area contributed by atoms with Crippen LogP contribution in [0.4, 0.5) is 0 Å². The molecule has 1 aromatic heterocycles. The first kappa shape index (κ1) is 23.5. The zero-order valence-corrected chi connectivity index (χ0v) is 20.9. The minimum atomic E-state index is -0.237. The molecule has 180 valence electrons. The van der Waals surface area contributed by atoms with E-state index in [9.17, 15) is 10.1 Å². The highest BCUT2D eigenvalue weighted by molar-refractivity contribution is 6.30. The van der Waals surface area contributed by atoms with Crippen molar-refractivity contribution in [3.05, 3.63) is 75.9 Å². The number of hydrogen-bond acceptors (Lipinski definition) is 4. The Balaban J connectivity index is 1.74. The molecule has 2 aliphatic rings. The number of benzene rings is 2. The lowest BCUT2D eigenvalue weighted by Crippen LogP contribution is -2.42. The Morgan fingerprint density at radius 2 is 1.80 bits per heavy atom. The molecule has 1 saturated heterocycles. The topological polar surface area (TPSA) is 67.5 Å². The molecule has 3 aromatic rings. The van der Waals surface area contributed by atoms with Crippen LogP contribution in [0.2, 0.25) is 5.02 Å². The number of hydrogen-bond donors (Lipinski definition) is 0. The maximum Gasteiger partial charge on any atom is 0.256 e. The maximum atomic E-state index is 14.0. The van der Waals surface area contributed by atoms with Crippen LogP contribution < -0.4 is 4.74 Å². The lowest BCUT2D eigenvalue weighted by atomic mass is 9.99. The molecule has 2 aromatic carbocycles. The highest BCUT2D eigenvalue weighted by Gasteiger charge is 2.45. The second kappa shape index (κ2) is 9.41. The summed E-state index contributed by atoms with van der Waals surface area (Å²) < 4.78 is 13.5. The molecular formula is C28H28ClN3O3. The summed E-state index contributed by atoms with van der Waals surface area (Å²) in [5.41, 5.74) is 4.91. The van der Waals surface area contributed by atoms with Gasteiger partial charge in [0.05, 0.1) is 41.7 Å². The number of nitrogens with zero attached hydrogens (tertiary/aromatic N) is 3. The Labute approximate surface area is 210 Å². The average molecular weight is 490 g/mol. The summed E-state index contributed by atoms with van der Waals surface area (Å²) in [6, 6.07) is 17.3. The van der Waals surface area contributed by atoms with Crippen molar-refractivity contribution in [2.75, 3.05) is 20.3 Å². The van der Waals surface area contributed by atoms with E-state index in [0.717, 1.165) is 35.4 Å². The Morgan fingerprint density at radius 3 is 2.43 bits per heavy atom. The van der Waals surface area contributed by atoms with Gasteiger partial charge < -0.3 is 18.9 Å². The monoisotopic (exact) mass is 489 g/mol. The quantitative estimate of drug-likeness (QED) is 0.441. The number of rotatable bonds is 5. The first-order chi connectivity index (χ1) is 16.9. The first-order valence-corrected chi connectivity index (χ1v) is 12.3. The van der Waals surface area contributed by atoms with Crippen LogP contribution in [0.3, 0.4) is 0 Å². The smallest absolute Gasteiger partial charge is 0.256 e. The number of carbonyl (C=O) groups excluding carboxylic acids is 1. The van der Waals surface area contributed by atoms with E-state index in [1.54, 1.807) is 13.2 Å². The molecule has 2 aliphatic heterocycles. The number of halogens is 1. The van der Waals surface area contributed by atoms with Crippen molar-refractivity contribution in [1.29, 1.82) is 5.26 Å². The van der Waals surface area contributed by atoms with Gasteiger partial charge in [-0.15, -0.1) is 0 Å². The van der Waals surface area contributed by atoms with E-state index in [4.69, 9.17) is 21.1 Å². The number of aromatic nitrogens is 1. The third-order valence-corrected chi connectivity index (χ3v) is 7.22. The van der Waals surface area contributed by atoms with Crippen LogP contribution in [0, 0.1) is 11.3 Å². The molecule has 35 heavy (non-hydrogen) atoms. The van der Waals surface area contributed by atoms with Gasteiger partial charge in [0.1, 0.15) is 5.75 Å². The lowest BCUT2D eigenvalue weighted by Gasteiger charge is -2.37. The number of nitriles is 1. The maximum absolute atomic E-state index is 14.0. The summed E-state index contributed by atoms with van der Waals surface area (Å²) in [7, 11) is 1.62. The van der Waals surface area contributed by atoms with Gasteiger partial charge in [-0.1, -0.05) is 23.7 Å². The van der Waals surface area contributed by atoms with Crippen molar-refractivity contribution in [3.63, 3.8) is 0 Å². The van der Waals surface area contributed by atoms with Gasteiger partial charge in [-0.25, -0.2) is 0 Å². The molecule has 1 amide bonds. The van der Waals surface area contributed by atoms with Crippen molar-refractivity contribution in [1.82, 2.24) is 9.47 Å². The summed E-state index contributed by atoms with van der Waals surface area (Å²) in [4.78, 5) is 16.0. The first-order valence-electron chi connectivity index (χ1n) is 11.9. The van der Waals surface area contributed by atoms with Crippen molar-refractivity contribution in [3.8, 4) is 23.1 Å². The molecule has 1 fully saturated rings. The van der Waals surface area contributed by atoms with Crippen LogP contribution in [0.25, 0.3) is 11.3 Å². The summed E-state index contributed by atoms with van der Waals surface area (Å²) in [6.07, 6.45) is 1.62. The van der Waals surface area contributed by atoms with Gasteiger partial charge in [0.15, 0.2) is 0 Å². The highest BCUT2D eigenvalue weighted by atomic mass is 35.5. The van der Waals surface area contributed by atoms with Gasteiger partial charge in [-0.3, -0.25) is 4.79 Å². The van der Waals surface area contributed by atoms with Crippen molar-refractivity contribution in [2.45, 2.75) is 44.8 Å². The van der Waals surface area contributed by atoms with Crippen LogP contribution >= 0.6 is 11.6 Å². The molecule has 0 saturated carbocycles. The predicted octanol–water partition coefficient (Wildman–Crippen LogP) is 5.99. The van der Waals surface area contributed by atoms with Crippen LogP contribution in [0.1, 0.15) is 66.0 Å². The normalized spacial score (nSPS) is 18.1. The van der Waals surface area contributed by atoms with Crippen molar-refractivity contribution in [2.24, 2.45) is 0 Å². The molecule has 6 nitrogen and oxygen atoms in total. The van der Waals surface area contributed by atoms with Gasteiger partial charge in [0, 0.05) is 35.9 Å². The second-order valence-electron chi connectivity index (χ2n) is 9.33. The fraction of sp³-hybridized carbons (Fsp3) is 0.357. The Bertz CT molecular complexity index is 1300. The highest BCUT2D eigenvalue weighted by Crippen LogP contribution is 2.47. The molecule has 0 aliphatic carbocycles. The fourth-order valence-corrected chi connectivity index (χ4v) is 5.55. The minimum absolute atomic E-state index is 0.0305. The van der Waals surface area contributed by atoms with E-state index in [2.05, 4.69) is 24.5 Å². The molecule has 0 N–H and O–H groups in total. The Kier molecular flexibility index (Phi) is 6.31. The van der Waals surface area contributed by atoms with E-state index < -0.39 is 0 Å². The summed E-state index contributed by atoms with van der Waals surface area (Å²) in [5.74, 6) is 0.696. The molecule has 0 bridgehead atoms. The molecule has 1 unspecified atom stereocenters. The second-order valence-corrected chi connectivity index (χ2v) is 9.77. The van der Waals surface area contributed by atoms with E-state index in [-0.39, 0.29) is 24.0 Å². The molecular weight excluding hydrogens is 462 g/mol. The van der Waals surface area contributed by atoms with Gasteiger partial charge >= 0.3 is 0 Å². The van der Waals surface area contributed by atoms with Crippen LogP contribution in [-0.4, -0.2) is 41.7 Å². The third kappa shape index (κ3) is 3.99. The van der Waals surface area contributed by atoms with E-state index in [1.807, 2.05) is 47.4 Å². The largest absolute Gasteiger partial charge is 0.496 e. The third-order valence-electron chi connectivity index (χ3n) is 6.97. The zero-order valence-electron chi connectivity index (χ0n) is 20.1. The molecule has 0 spiro atoms. The van der Waals surface area contributed by atoms with Crippen LogP contribution in [-0.2, 0) is 4.74 Å². The molecule has 0 radical (unpaired) electrons. The van der Waals surface area contributed by atoms with Gasteiger partial charge in [-0.05, 0) is 68.7 Å². The minimum Gasteiger partial charge on any atom is -0.496 e. The van der Waals surface area contributed by atoms with Crippen molar-refractivity contribution < 1.29 is 14.3 Å². The number of methoxy groups -OCH3 is 1. The Morgan fingerprint density at radius 1 is 1.09 bits per heavy atom. The average Bonchev–Trinajstić information content (AvgIpc) is 3.40. The molecule has 3 heterocycles. The number of fused-ring (bicyclic) bond motifs is 1. The molecule has 1 atom stereocenters. The predicted molar refractivity (Wildman–Crippen MR) is 135 cm³/mol. The summed E-state index contributed by atoms with van der Waals surface area (Å²) in [5, 5.41) is 10.2. The van der Waals surface area contributed by atoms with Gasteiger partial charge in [-0.2, -0.15) is 5.26 Å². The SMILES string of the molecule is COc1ccc(C#N)cc1-c1cc2c(n1C(C)C)C(c1ccc(Cl)cc1)N(C1CCOCC1)C2=O. The number of amides is 1. The van der Waals surface area contributed by atoms with Gasteiger partial charge in [0.2, 0.25) is 0 Å². The summed E-state index contributed by atoms with van der Waals surface area (Å²) in [6.45, 7) is 5.54. The molecule has 7 heteroatoms. The lowest BCUT2D eigenvalue weighted by molar-refractivity contribution is 0.0242. The van der Waals surface area contributed by atoms with Crippen LogP contribution in [0.15, 0.2) is 48.5 Å². The standard InChI is InChI=1S/C28H28ClN3O3/c1-17(2)31-24(22-14-18(16-30)4-9-25(22)34-3)15-23-27(31)26(19-5-7-20(29)8-6-19)32(28(23)33)21-10-12-35-13-11-21/h4-9,14-15,17,21,26H,10-13H2,1-3H3. The van der Waals surface area contributed by atoms with Crippen LogP contribution in [0.5, 0.6) is 5.75 Å². The van der Waals surface area contributed by atoms with E-state index >= 15 is 0 Å². The number of ether oxygens (including phenoxy) is 2. The van der Waals surface area contributed by atoms with Crippen molar-refractivity contribution >= 4 is 17.5 Å². The zero-order chi connectivity index (χ0) is 24.7. The Hall–Kier alpha value is -3.27. The number of carbonyl (C=O) groups is 1. The van der Waals surface area contributed by atoms with Gasteiger partial charge in [0.25, 0.3) is 5.91 Å². The fourth-order valence-electron chi connectivity index (χ4n) is 5.42. The molecule has 5 rings (SSSR count). The summed E-state index contributed by atoms with van der Waals surface area (Å²) >= 11 is 6.22. The van der Waals surface area contributed by atoms with E-state index in [1.165, 1.54) is 0 Å².